The maximum absolute atomic E-state index is 11.4. The fourth-order valence-electron chi connectivity index (χ4n) is 1.29. The van der Waals surface area contributed by atoms with Gasteiger partial charge in [0.15, 0.2) is 0 Å². The second-order valence-corrected chi connectivity index (χ2v) is 4.30. The lowest BCUT2D eigenvalue weighted by Gasteiger charge is -2.14. The molecule has 0 radical (unpaired) electrons. The second kappa shape index (κ2) is 7.71. The van der Waals surface area contributed by atoms with Gasteiger partial charge in [0.1, 0.15) is 6.61 Å². The molecule has 0 heterocycles. The Balaban J connectivity index is 2.34. The fourth-order valence-corrected chi connectivity index (χ4v) is 1.68. The summed E-state index contributed by atoms with van der Waals surface area (Å²) in [6.07, 6.45) is -0.768. The SMILES string of the molecule is O=C(O)C[C@H](CBr)NC(=O)OCc1ccccc1. The van der Waals surface area contributed by atoms with Crippen molar-refractivity contribution in [3.8, 4) is 0 Å². The molecule has 0 fully saturated rings. The summed E-state index contributed by atoms with van der Waals surface area (Å²) in [5.74, 6) is -0.970. The average molecular weight is 316 g/mol. The Bertz CT molecular complexity index is 396. The van der Waals surface area contributed by atoms with Crippen LogP contribution in [0.4, 0.5) is 4.79 Å². The smallest absolute Gasteiger partial charge is 0.407 e. The number of hydrogen-bond acceptors (Lipinski definition) is 3. The van der Waals surface area contributed by atoms with E-state index in [-0.39, 0.29) is 13.0 Å². The Morgan fingerprint density at radius 2 is 2.00 bits per heavy atom. The summed E-state index contributed by atoms with van der Waals surface area (Å²) < 4.78 is 4.98. The summed E-state index contributed by atoms with van der Waals surface area (Å²) in [6.45, 7) is 0.161. The predicted molar refractivity (Wildman–Crippen MR) is 69.6 cm³/mol. The summed E-state index contributed by atoms with van der Waals surface area (Å²) >= 11 is 3.14. The zero-order valence-electron chi connectivity index (χ0n) is 9.64. The van der Waals surface area contributed by atoms with Crippen molar-refractivity contribution in [3.05, 3.63) is 35.9 Å². The van der Waals surface area contributed by atoms with Crippen LogP contribution >= 0.6 is 15.9 Å². The number of nitrogens with one attached hydrogen (secondary N) is 1. The zero-order valence-corrected chi connectivity index (χ0v) is 11.2. The Kier molecular flexibility index (Phi) is 6.21. The highest BCUT2D eigenvalue weighted by atomic mass is 79.9. The molecule has 6 heteroatoms. The van der Waals surface area contributed by atoms with Crippen LogP contribution in [0.2, 0.25) is 0 Å². The number of rotatable bonds is 6. The molecule has 18 heavy (non-hydrogen) atoms. The van der Waals surface area contributed by atoms with Crippen molar-refractivity contribution < 1.29 is 19.4 Å². The molecule has 0 saturated carbocycles. The minimum absolute atomic E-state index is 0.147. The third-order valence-corrected chi connectivity index (χ3v) is 2.92. The monoisotopic (exact) mass is 315 g/mol. The molecule has 0 spiro atoms. The number of ether oxygens (including phenoxy) is 1. The molecule has 1 atom stereocenters. The minimum atomic E-state index is -0.970. The summed E-state index contributed by atoms with van der Waals surface area (Å²) in [5, 5.41) is 11.5. The number of alkyl halides is 1. The third kappa shape index (κ3) is 5.67. The highest BCUT2D eigenvalue weighted by Gasteiger charge is 2.15. The third-order valence-electron chi connectivity index (χ3n) is 2.14. The number of alkyl carbamates (subject to hydrolysis) is 1. The van der Waals surface area contributed by atoms with Gasteiger partial charge in [-0.2, -0.15) is 0 Å². The van der Waals surface area contributed by atoms with Gasteiger partial charge in [-0.3, -0.25) is 4.79 Å². The number of carboxylic acids is 1. The lowest BCUT2D eigenvalue weighted by atomic mass is 10.2. The van der Waals surface area contributed by atoms with Crippen molar-refractivity contribution in [3.63, 3.8) is 0 Å². The van der Waals surface area contributed by atoms with E-state index in [9.17, 15) is 9.59 Å². The molecule has 1 amide bonds. The number of carbonyl (C=O) groups is 2. The molecule has 0 aliphatic heterocycles. The van der Waals surface area contributed by atoms with Gasteiger partial charge in [0.2, 0.25) is 0 Å². The standard InChI is InChI=1S/C12H14BrNO4/c13-7-10(6-11(15)16)14-12(17)18-8-9-4-2-1-3-5-9/h1-5,10H,6-8H2,(H,14,17)(H,15,16)/t10-/m1/s1. The molecular weight excluding hydrogens is 302 g/mol. The van der Waals surface area contributed by atoms with Crippen LogP contribution in [-0.4, -0.2) is 28.5 Å². The van der Waals surface area contributed by atoms with Crippen LogP contribution < -0.4 is 5.32 Å². The quantitative estimate of drug-likeness (QED) is 0.789. The molecule has 1 aromatic rings. The number of hydrogen-bond donors (Lipinski definition) is 2. The molecule has 1 aromatic carbocycles. The van der Waals surface area contributed by atoms with Gasteiger partial charge in [-0.25, -0.2) is 4.79 Å². The van der Waals surface area contributed by atoms with Gasteiger partial charge in [-0.15, -0.1) is 0 Å². The van der Waals surface area contributed by atoms with Crippen molar-refractivity contribution in [2.45, 2.75) is 19.1 Å². The Morgan fingerprint density at radius 3 is 2.56 bits per heavy atom. The van der Waals surface area contributed by atoms with Gasteiger partial charge < -0.3 is 15.2 Å². The van der Waals surface area contributed by atoms with Crippen molar-refractivity contribution >= 4 is 28.0 Å². The molecule has 0 saturated heterocycles. The number of benzene rings is 1. The van der Waals surface area contributed by atoms with Crippen LogP contribution in [0, 0.1) is 0 Å². The molecule has 2 N–H and O–H groups in total. The number of carboxylic acid groups (broad SMARTS) is 1. The number of amides is 1. The molecule has 98 valence electrons. The summed E-state index contributed by atoms with van der Waals surface area (Å²) in [7, 11) is 0. The lowest BCUT2D eigenvalue weighted by Crippen LogP contribution is -2.37. The van der Waals surface area contributed by atoms with E-state index in [0.29, 0.717) is 5.33 Å². The maximum atomic E-state index is 11.4. The predicted octanol–water partition coefficient (Wildman–Crippen LogP) is 2.15. The second-order valence-electron chi connectivity index (χ2n) is 3.66. The van der Waals surface area contributed by atoms with Gasteiger partial charge in [0.25, 0.3) is 0 Å². The van der Waals surface area contributed by atoms with E-state index in [2.05, 4.69) is 21.2 Å². The number of carbonyl (C=O) groups excluding carboxylic acids is 1. The van der Waals surface area contributed by atoms with Crippen LogP contribution in [0.1, 0.15) is 12.0 Å². The average Bonchev–Trinajstić information content (AvgIpc) is 2.36. The highest BCUT2D eigenvalue weighted by Crippen LogP contribution is 2.02. The molecule has 1 rings (SSSR count). The molecule has 0 bridgehead atoms. The first-order valence-electron chi connectivity index (χ1n) is 5.36. The van der Waals surface area contributed by atoms with Crippen LogP contribution in [0.15, 0.2) is 30.3 Å². The number of aliphatic carboxylic acids is 1. The van der Waals surface area contributed by atoms with Gasteiger partial charge in [-0.1, -0.05) is 46.3 Å². The zero-order chi connectivity index (χ0) is 13.4. The minimum Gasteiger partial charge on any atom is -0.481 e. The molecule has 0 aromatic heterocycles. The van der Waals surface area contributed by atoms with E-state index in [0.717, 1.165) is 5.56 Å². The Labute approximate surface area is 113 Å². The van der Waals surface area contributed by atoms with Crippen molar-refractivity contribution in [2.75, 3.05) is 5.33 Å². The van der Waals surface area contributed by atoms with Gasteiger partial charge in [0, 0.05) is 5.33 Å². The van der Waals surface area contributed by atoms with Crippen molar-refractivity contribution in [2.24, 2.45) is 0 Å². The molecule has 0 aliphatic carbocycles. The summed E-state index contributed by atoms with van der Waals surface area (Å²) in [4.78, 5) is 21.9. The molecule has 0 aliphatic rings. The van der Waals surface area contributed by atoms with E-state index in [1.54, 1.807) is 0 Å². The number of halogens is 1. The van der Waals surface area contributed by atoms with E-state index in [1.807, 2.05) is 30.3 Å². The van der Waals surface area contributed by atoms with Crippen LogP contribution in [0.3, 0.4) is 0 Å². The Hall–Kier alpha value is -1.56. The topological polar surface area (TPSA) is 75.6 Å². The highest BCUT2D eigenvalue weighted by molar-refractivity contribution is 9.09. The van der Waals surface area contributed by atoms with Gasteiger partial charge in [0.05, 0.1) is 12.5 Å². The first-order chi connectivity index (χ1) is 8.61. The van der Waals surface area contributed by atoms with E-state index in [1.165, 1.54) is 0 Å². The van der Waals surface area contributed by atoms with E-state index in [4.69, 9.17) is 9.84 Å². The van der Waals surface area contributed by atoms with Crippen LogP contribution in [0.5, 0.6) is 0 Å². The van der Waals surface area contributed by atoms with E-state index >= 15 is 0 Å². The largest absolute Gasteiger partial charge is 0.481 e. The van der Waals surface area contributed by atoms with Gasteiger partial charge >= 0.3 is 12.1 Å². The Morgan fingerprint density at radius 1 is 1.33 bits per heavy atom. The first-order valence-corrected chi connectivity index (χ1v) is 6.49. The fraction of sp³-hybridized carbons (Fsp3) is 0.333. The molecule has 5 nitrogen and oxygen atoms in total. The summed E-state index contributed by atoms with van der Waals surface area (Å²) in [6, 6.07) is 8.77. The lowest BCUT2D eigenvalue weighted by molar-refractivity contribution is -0.137. The van der Waals surface area contributed by atoms with Crippen LogP contribution in [-0.2, 0) is 16.1 Å². The van der Waals surface area contributed by atoms with Gasteiger partial charge in [-0.05, 0) is 5.56 Å². The molecular formula is C12H14BrNO4. The molecule has 0 unspecified atom stereocenters. The van der Waals surface area contributed by atoms with Crippen LogP contribution in [0.25, 0.3) is 0 Å². The maximum Gasteiger partial charge on any atom is 0.407 e. The normalized spacial score (nSPS) is 11.6. The first kappa shape index (κ1) is 14.5. The summed E-state index contributed by atoms with van der Waals surface area (Å²) in [5.41, 5.74) is 0.876. The van der Waals surface area contributed by atoms with Crippen molar-refractivity contribution in [1.82, 2.24) is 5.32 Å². The van der Waals surface area contributed by atoms with Crippen molar-refractivity contribution in [1.29, 1.82) is 0 Å². The van der Waals surface area contributed by atoms with E-state index < -0.39 is 18.1 Å².